The maximum atomic E-state index is 8.12. The molecule has 0 saturated heterocycles. The molecule has 0 amide bonds. The minimum absolute atomic E-state index is 0.344. The molecule has 2 aliphatic carbocycles. The van der Waals surface area contributed by atoms with Gasteiger partial charge in [0.05, 0.1) is 28.5 Å². The maximum absolute atomic E-state index is 8.12. The van der Waals surface area contributed by atoms with Gasteiger partial charge in [0, 0.05) is 5.70 Å². The van der Waals surface area contributed by atoms with Gasteiger partial charge in [-0.1, -0.05) is 37.3 Å². The maximum Gasteiger partial charge on any atom is 0.0888 e. The van der Waals surface area contributed by atoms with Gasteiger partial charge in [0.15, 0.2) is 0 Å². The molecular formula is C20H24N4. The highest BCUT2D eigenvalue weighted by Gasteiger charge is 2.15. The Hall–Kier alpha value is -2.88. The van der Waals surface area contributed by atoms with E-state index in [9.17, 15) is 0 Å². The third kappa shape index (κ3) is 4.56. The fraction of sp³-hybridized carbons (Fsp3) is 0.200. The fourth-order valence-electron chi connectivity index (χ4n) is 2.36. The summed E-state index contributed by atoms with van der Waals surface area (Å²) in [4.78, 5) is 4.65. The first-order chi connectivity index (χ1) is 11.5. The molecule has 0 aromatic heterocycles. The van der Waals surface area contributed by atoms with Crippen LogP contribution in [0.1, 0.15) is 26.7 Å². The van der Waals surface area contributed by atoms with Crippen LogP contribution >= 0.6 is 0 Å². The van der Waals surface area contributed by atoms with Crippen molar-refractivity contribution in [1.82, 2.24) is 5.32 Å². The lowest BCUT2D eigenvalue weighted by Crippen LogP contribution is -2.26. The van der Waals surface area contributed by atoms with Gasteiger partial charge in [-0.15, -0.1) is 0 Å². The zero-order valence-electron chi connectivity index (χ0n) is 14.3. The molecule has 0 atom stereocenters. The lowest BCUT2D eigenvalue weighted by molar-refractivity contribution is 0.920. The van der Waals surface area contributed by atoms with E-state index >= 15 is 0 Å². The van der Waals surface area contributed by atoms with Crippen molar-refractivity contribution in [3.05, 3.63) is 83.5 Å². The van der Waals surface area contributed by atoms with E-state index in [0.717, 1.165) is 24.2 Å². The van der Waals surface area contributed by atoms with E-state index in [1.807, 2.05) is 31.2 Å². The number of nitrogens with zero attached hydrogens (tertiary/aromatic N) is 1. The van der Waals surface area contributed by atoms with Crippen molar-refractivity contribution in [1.29, 1.82) is 5.41 Å². The standard InChI is InChI=1S/C20H24N4/c1-4-8-15(5-2)23-19-13-20(18(22)12-17(19)21)24-16-10-7-6-9-14(3)11-16/h4,6-8,10-13,21,23H,1,5,9,22H2,2-3H3/b15-8+,21-17?,24-20?. The molecule has 0 bridgehead atoms. The Morgan fingerprint density at radius 3 is 2.92 bits per heavy atom. The van der Waals surface area contributed by atoms with Crippen LogP contribution in [0.25, 0.3) is 0 Å². The monoisotopic (exact) mass is 320 g/mol. The van der Waals surface area contributed by atoms with Crippen molar-refractivity contribution in [2.45, 2.75) is 26.7 Å². The molecule has 0 fully saturated rings. The number of nitrogens with one attached hydrogen (secondary N) is 2. The highest BCUT2D eigenvalue weighted by Crippen LogP contribution is 2.16. The first kappa shape index (κ1) is 17.5. The normalized spacial score (nSPS) is 20.0. The molecule has 0 aromatic rings. The number of rotatable bonds is 5. The average molecular weight is 320 g/mol. The minimum Gasteiger partial charge on any atom is -0.397 e. The van der Waals surface area contributed by atoms with Gasteiger partial charge < -0.3 is 11.1 Å². The second kappa shape index (κ2) is 8.11. The van der Waals surface area contributed by atoms with Crippen molar-refractivity contribution in [3.63, 3.8) is 0 Å². The Kier molecular flexibility index (Phi) is 5.90. The van der Waals surface area contributed by atoms with Crippen LogP contribution in [0.3, 0.4) is 0 Å². The molecule has 2 aliphatic rings. The zero-order chi connectivity index (χ0) is 17.5. The van der Waals surface area contributed by atoms with E-state index in [2.05, 4.69) is 36.0 Å². The van der Waals surface area contributed by atoms with E-state index < -0.39 is 0 Å². The Balaban J connectivity index is 2.35. The van der Waals surface area contributed by atoms with Crippen LogP contribution < -0.4 is 11.1 Å². The van der Waals surface area contributed by atoms with Gasteiger partial charge >= 0.3 is 0 Å². The van der Waals surface area contributed by atoms with Gasteiger partial charge in [0.25, 0.3) is 0 Å². The van der Waals surface area contributed by atoms with Crippen molar-refractivity contribution in [2.24, 2.45) is 10.7 Å². The molecule has 4 N–H and O–H groups in total. The summed E-state index contributed by atoms with van der Waals surface area (Å²) < 4.78 is 0. The lowest BCUT2D eigenvalue weighted by atomic mass is 10.0. The summed E-state index contributed by atoms with van der Waals surface area (Å²) in [6.07, 6.45) is 17.0. The summed E-state index contributed by atoms with van der Waals surface area (Å²) in [5.41, 5.74) is 11.3. The first-order valence-corrected chi connectivity index (χ1v) is 8.03. The Morgan fingerprint density at radius 2 is 2.21 bits per heavy atom. The fourth-order valence-corrected chi connectivity index (χ4v) is 2.36. The molecule has 0 aliphatic heterocycles. The summed E-state index contributed by atoms with van der Waals surface area (Å²) in [7, 11) is 0. The molecule has 0 saturated carbocycles. The van der Waals surface area contributed by atoms with E-state index in [-0.39, 0.29) is 0 Å². The third-order valence-electron chi connectivity index (χ3n) is 3.65. The largest absolute Gasteiger partial charge is 0.397 e. The van der Waals surface area contributed by atoms with Crippen molar-refractivity contribution in [3.8, 4) is 0 Å². The molecule has 4 nitrogen and oxygen atoms in total. The van der Waals surface area contributed by atoms with Gasteiger partial charge in [-0.05, 0) is 50.1 Å². The number of aliphatic imine (C=N–C) groups is 1. The molecule has 124 valence electrons. The molecule has 24 heavy (non-hydrogen) atoms. The van der Waals surface area contributed by atoms with E-state index in [1.165, 1.54) is 5.57 Å². The van der Waals surface area contributed by atoms with Crippen LogP contribution in [0, 0.1) is 5.41 Å². The molecule has 0 heterocycles. The number of nitrogens with two attached hydrogens (primary N) is 1. The van der Waals surface area contributed by atoms with Gasteiger partial charge in [-0.2, -0.15) is 0 Å². The Bertz CT molecular complexity index is 753. The van der Waals surface area contributed by atoms with Crippen LogP contribution in [0.2, 0.25) is 0 Å². The molecule has 0 spiro atoms. The summed E-state index contributed by atoms with van der Waals surface area (Å²) in [6, 6.07) is 0. The average Bonchev–Trinajstić information content (AvgIpc) is 2.75. The molecule has 0 radical (unpaired) electrons. The van der Waals surface area contributed by atoms with Crippen molar-refractivity contribution < 1.29 is 0 Å². The van der Waals surface area contributed by atoms with Crippen molar-refractivity contribution >= 4 is 11.4 Å². The lowest BCUT2D eigenvalue weighted by Gasteiger charge is -2.17. The van der Waals surface area contributed by atoms with Crippen molar-refractivity contribution in [2.75, 3.05) is 0 Å². The van der Waals surface area contributed by atoms with E-state index in [1.54, 1.807) is 12.2 Å². The zero-order valence-corrected chi connectivity index (χ0v) is 14.3. The number of hydrogen-bond acceptors (Lipinski definition) is 4. The van der Waals surface area contributed by atoms with Gasteiger partial charge in [-0.25, -0.2) is 4.99 Å². The Labute approximate surface area is 143 Å². The van der Waals surface area contributed by atoms with Crippen LogP contribution in [-0.2, 0) is 0 Å². The molecule has 0 aromatic carbocycles. The summed E-state index contributed by atoms with van der Waals surface area (Å²) in [5, 5.41) is 11.4. The van der Waals surface area contributed by atoms with Crippen LogP contribution in [0.5, 0.6) is 0 Å². The summed E-state index contributed by atoms with van der Waals surface area (Å²) in [6.45, 7) is 7.84. The minimum atomic E-state index is 0.344. The molecule has 2 rings (SSSR count). The quantitative estimate of drug-likeness (QED) is 0.528. The van der Waals surface area contributed by atoms with Gasteiger partial charge in [0.2, 0.25) is 0 Å². The second-order valence-corrected chi connectivity index (χ2v) is 5.69. The number of allylic oxidation sites excluding steroid dienone is 10. The summed E-state index contributed by atoms with van der Waals surface area (Å²) in [5.74, 6) is 0. The molecule has 4 heteroatoms. The highest BCUT2D eigenvalue weighted by molar-refractivity contribution is 6.22. The van der Waals surface area contributed by atoms with Crippen LogP contribution in [-0.4, -0.2) is 11.4 Å². The molecular weight excluding hydrogens is 296 g/mol. The molecule has 0 unspecified atom stereocenters. The summed E-state index contributed by atoms with van der Waals surface area (Å²) >= 11 is 0. The topological polar surface area (TPSA) is 74.3 Å². The van der Waals surface area contributed by atoms with Gasteiger partial charge in [0.1, 0.15) is 0 Å². The SMILES string of the molecule is C=C/C=C(\CC)NC1=CC(=NC2=CC=CCC(C)=C2)C(N)=CC1=N. The predicted octanol–water partition coefficient (Wildman–Crippen LogP) is 4.05. The highest BCUT2D eigenvalue weighted by atomic mass is 14.9. The van der Waals surface area contributed by atoms with E-state index in [4.69, 9.17) is 11.1 Å². The first-order valence-electron chi connectivity index (χ1n) is 8.03. The third-order valence-corrected chi connectivity index (χ3v) is 3.65. The van der Waals surface area contributed by atoms with Crippen LogP contribution in [0.4, 0.5) is 0 Å². The second-order valence-electron chi connectivity index (χ2n) is 5.69. The van der Waals surface area contributed by atoms with E-state index in [0.29, 0.717) is 22.8 Å². The van der Waals surface area contributed by atoms with Gasteiger partial charge in [-0.3, -0.25) is 5.41 Å². The number of hydrogen-bond donors (Lipinski definition) is 3. The Morgan fingerprint density at radius 1 is 1.42 bits per heavy atom. The predicted molar refractivity (Wildman–Crippen MR) is 103 cm³/mol. The van der Waals surface area contributed by atoms with Crippen LogP contribution in [0.15, 0.2) is 88.5 Å². The smallest absolute Gasteiger partial charge is 0.0888 e.